The maximum atomic E-state index is 12.4. The predicted molar refractivity (Wildman–Crippen MR) is 125 cm³/mol. The molecule has 0 saturated carbocycles. The van der Waals surface area contributed by atoms with Crippen molar-refractivity contribution in [1.29, 1.82) is 0 Å². The topological polar surface area (TPSA) is 126 Å². The highest BCUT2D eigenvalue weighted by Crippen LogP contribution is 2.19. The summed E-state index contributed by atoms with van der Waals surface area (Å²) in [5, 5.41) is 13.5. The molecule has 0 heterocycles. The zero-order valence-electron chi connectivity index (χ0n) is 17.6. The molecule has 0 radical (unpaired) electrons. The number of carbonyl (C=O) groups is 2. The van der Waals surface area contributed by atoms with Crippen molar-refractivity contribution in [3.8, 4) is 0 Å². The van der Waals surface area contributed by atoms with E-state index < -0.39 is 21.8 Å². The SMILES string of the molecule is CC(=O)NCN[C@@H](CS)C(=O)OCCS(=O)(=O)Cc1ccc(N=Nc2ccccc2)cc1. The van der Waals surface area contributed by atoms with E-state index in [2.05, 4.69) is 33.5 Å². The summed E-state index contributed by atoms with van der Waals surface area (Å²) in [5.41, 5.74) is 1.92. The molecular formula is C21H26N4O5S2. The molecule has 0 fully saturated rings. The molecule has 1 atom stereocenters. The van der Waals surface area contributed by atoms with Gasteiger partial charge in [0.2, 0.25) is 5.91 Å². The van der Waals surface area contributed by atoms with Gasteiger partial charge in [-0.3, -0.25) is 14.9 Å². The van der Waals surface area contributed by atoms with Gasteiger partial charge in [-0.15, -0.1) is 0 Å². The molecule has 0 aliphatic carbocycles. The van der Waals surface area contributed by atoms with Gasteiger partial charge in [0.25, 0.3) is 0 Å². The number of sulfone groups is 1. The average Bonchev–Trinajstić information content (AvgIpc) is 2.76. The van der Waals surface area contributed by atoms with Crippen LogP contribution in [-0.2, 0) is 29.9 Å². The monoisotopic (exact) mass is 478 g/mol. The standard InChI is InChI=1S/C21H26N4O5S2/c1-16(26)22-15-23-20(13-31)21(27)30-11-12-32(28,29)14-17-7-9-19(10-8-17)25-24-18-5-3-2-4-6-18/h2-10,20,23,31H,11-15H2,1H3,(H,22,26)/t20-/m0/s1. The molecule has 0 bridgehead atoms. The lowest BCUT2D eigenvalue weighted by Gasteiger charge is -2.15. The van der Waals surface area contributed by atoms with Gasteiger partial charge in [-0.25, -0.2) is 8.42 Å². The Bertz CT molecular complexity index is 1010. The van der Waals surface area contributed by atoms with Crippen LogP contribution in [0.5, 0.6) is 0 Å². The summed E-state index contributed by atoms with van der Waals surface area (Å²) in [6.45, 7) is 1.16. The molecular weight excluding hydrogens is 452 g/mol. The van der Waals surface area contributed by atoms with E-state index in [0.717, 1.165) is 5.69 Å². The van der Waals surface area contributed by atoms with Crippen molar-refractivity contribution in [2.24, 2.45) is 10.2 Å². The number of thiol groups is 1. The lowest BCUT2D eigenvalue weighted by Crippen LogP contribution is -2.45. The quantitative estimate of drug-likeness (QED) is 0.186. The van der Waals surface area contributed by atoms with Crippen molar-refractivity contribution >= 4 is 45.7 Å². The van der Waals surface area contributed by atoms with Gasteiger partial charge >= 0.3 is 5.97 Å². The summed E-state index contributed by atoms with van der Waals surface area (Å²) in [7, 11) is -3.49. The highest BCUT2D eigenvalue weighted by atomic mass is 32.2. The minimum Gasteiger partial charge on any atom is -0.463 e. The van der Waals surface area contributed by atoms with Crippen LogP contribution in [-0.4, -0.2) is 51.1 Å². The first-order valence-electron chi connectivity index (χ1n) is 9.80. The summed E-state index contributed by atoms with van der Waals surface area (Å²) in [5.74, 6) is -1.23. The number of carbonyl (C=O) groups excluding carboxylic acids is 2. The van der Waals surface area contributed by atoms with E-state index in [9.17, 15) is 18.0 Å². The van der Waals surface area contributed by atoms with Crippen LogP contribution in [0, 0.1) is 0 Å². The summed E-state index contributed by atoms with van der Waals surface area (Å²) in [6, 6.07) is 15.2. The first kappa shape index (κ1) is 25.5. The number of esters is 1. The van der Waals surface area contributed by atoms with E-state index in [0.29, 0.717) is 11.3 Å². The average molecular weight is 479 g/mol. The highest BCUT2D eigenvalue weighted by Gasteiger charge is 2.19. The number of benzene rings is 2. The van der Waals surface area contributed by atoms with E-state index in [4.69, 9.17) is 4.74 Å². The van der Waals surface area contributed by atoms with Crippen LogP contribution in [0.15, 0.2) is 64.8 Å². The second kappa shape index (κ2) is 12.9. The zero-order chi connectivity index (χ0) is 23.4. The smallest absolute Gasteiger partial charge is 0.324 e. The van der Waals surface area contributed by atoms with Crippen LogP contribution in [0.2, 0.25) is 0 Å². The number of ether oxygens (including phenoxy) is 1. The maximum absolute atomic E-state index is 12.4. The van der Waals surface area contributed by atoms with E-state index in [1.807, 2.05) is 30.3 Å². The molecule has 11 heteroatoms. The van der Waals surface area contributed by atoms with Gasteiger partial charge in [-0.1, -0.05) is 30.3 Å². The Morgan fingerprint density at radius 2 is 1.66 bits per heavy atom. The normalized spacial score (nSPS) is 12.4. The Hall–Kier alpha value is -2.76. The number of rotatable bonds is 12. The van der Waals surface area contributed by atoms with Crippen LogP contribution in [0.4, 0.5) is 11.4 Å². The molecule has 32 heavy (non-hydrogen) atoms. The number of amides is 1. The lowest BCUT2D eigenvalue weighted by atomic mass is 10.2. The molecule has 0 aliphatic heterocycles. The largest absolute Gasteiger partial charge is 0.463 e. The Kier molecular flexibility index (Phi) is 10.3. The lowest BCUT2D eigenvalue weighted by molar-refractivity contribution is -0.145. The van der Waals surface area contributed by atoms with Gasteiger partial charge in [-0.05, 0) is 29.8 Å². The zero-order valence-corrected chi connectivity index (χ0v) is 19.3. The molecule has 0 aromatic heterocycles. The molecule has 172 valence electrons. The number of nitrogens with zero attached hydrogens (tertiary/aromatic N) is 2. The highest BCUT2D eigenvalue weighted by molar-refractivity contribution is 7.90. The molecule has 2 rings (SSSR count). The van der Waals surface area contributed by atoms with E-state index in [-0.39, 0.29) is 36.4 Å². The molecule has 9 nitrogen and oxygen atoms in total. The Labute approximate surface area is 193 Å². The van der Waals surface area contributed by atoms with Gasteiger partial charge in [-0.2, -0.15) is 22.9 Å². The van der Waals surface area contributed by atoms with Gasteiger partial charge in [0.1, 0.15) is 12.6 Å². The van der Waals surface area contributed by atoms with Gasteiger partial charge in [0.05, 0.1) is 29.5 Å². The molecule has 0 saturated heterocycles. The van der Waals surface area contributed by atoms with Gasteiger partial charge in [0, 0.05) is 12.7 Å². The second-order valence-electron chi connectivity index (χ2n) is 6.81. The molecule has 0 unspecified atom stereocenters. The van der Waals surface area contributed by atoms with Crippen molar-refractivity contribution in [2.45, 2.75) is 18.7 Å². The Morgan fingerprint density at radius 3 is 2.25 bits per heavy atom. The number of nitrogens with one attached hydrogen (secondary N) is 2. The van der Waals surface area contributed by atoms with Crippen molar-refractivity contribution in [1.82, 2.24) is 10.6 Å². The van der Waals surface area contributed by atoms with Crippen molar-refractivity contribution in [3.63, 3.8) is 0 Å². The summed E-state index contributed by atoms with van der Waals surface area (Å²) in [6.07, 6.45) is 0. The van der Waals surface area contributed by atoms with Crippen LogP contribution >= 0.6 is 12.6 Å². The summed E-state index contributed by atoms with van der Waals surface area (Å²) in [4.78, 5) is 22.9. The third kappa shape index (κ3) is 9.58. The van der Waals surface area contributed by atoms with Gasteiger partial charge < -0.3 is 10.1 Å². The van der Waals surface area contributed by atoms with Crippen LogP contribution in [0.3, 0.4) is 0 Å². The van der Waals surface area contributed by atoms with Crippen molar-refractivity contribution in [2.75, 3.05) is 24.8 Å². The van der Waals surface area contributed by atoms with Gasteiger partial charge in [0.15, 0.2) is 9.84 Å². The minimum atomic E-state index is -3.49. The summed E-state index contributed by atoms with van der Waals surface area (Å²) < 4.78 is 29.8. The predicted octanol–water partition coefficient (Wildman–Crippen LogP) is 2.54. The van der Waals surface area contributed by atoms with Crippen LogP contribution < -0.4 is 10.6 Å². The third-order valence-electron chi connectivity index (χ3n) is 4.15. The first-order valence-corrected chi connectivity index (χ1v) is 12.3. The summed E-state index contributed by atoms with van der Waals surface area (Å²) >= 11 is 4.06. The Balaban J connectivity index is 1.80. The van der Waals surface area contributed by atoms with Crippen molar-refractivity contribution < 1.29 is 22.7 Å². The third-order valence-corrected chi connectivity index (χ3v) is 6.08. The van der Waals surface area contributed by atoms with E-state index in [1.165, 1.54) is 6.92 Å². The van der Waals surface area contributed by atoms with Crippen LogP contribution in [0.1, 0.15) is 12.5 Å². The number of hydrogen-bond acceptors (Lipinski definition) is 9. The van der Waals surface area contributed by atoms with Crippen molar-refractivity contribution in [3.05, 3.63) is 60.2 Å². The molecule has 2 aromatic rings. The molecule has 1 amide bonds. The molecule has 0 aliphatic rings. The molecule has 0 spiro atoms. The second-order valence-corrected chi connectivity index (χ2v) is 9.36. The number of hydrogen-bond donors (Lipinski definition) is 3. The molecule has 2 N–H and O–H groups in total. The maximum Gasteiger partial charge on any atom is 0.324 e. The fourth-order valence-corrected chi connectivity index (χ4v) is 3.95. The minimum absolute atomic E-state index is 0.0782. The van der Waals surface area contributed by atoms with E-state index in [1.54, 1.807) is 24.3 Å². The van der Waals surface area contributed by atoms with Crippen LogP contribution in [0.25, 0.3) is 0 Å². The molecule has 2 aromatic carbocycles. The first-order chi connectivity index (χ1) is 15.3. The van der Waals surface area contributed by atoms with E-state index >= 15 is 0 Å². The fourth-order valence-electron chi connectivity index (χ4n) is 2.49. The Morgan fingerprint density at radius 1 is 1.03 bits per heavy atom. The number of azo groups is 1. The fraction of sp³-hybridized carbons (Fsp3) is 0.333.